The van der Waals surface area contributed by atoms with Crippen LogP contribution in [0.3, 0.4) is 0 Å². The van der Waals surface area contributed by atoms with Gasteiger partial charge in [-0.2, -0.15) is 0 Å². The molecule has 3 nitrogen and oxygen atoms in total. The van der Waals surface area contributed by atoms with Crippen molar-refractivity contribution in [3.8, 4) is 0 Å². The van der Waals surface area contributed by atoms with Crippen molar-refractivity contribution < 1.29 is 0 Å². The van der Waals surface area contributed by atoms with Gasteiger partial charge in [-0.3, -0.25) is 4.98 Å². The topological polar surface area (TPSA) is 28.2 Å². The molecular weight excluding hydrogens is 198 g/mol. The minimum absolute atomic E-state index is 0.933. The van der Waals surface area contributed by atoms with Gasteiger partial charge < -0.3 is 10.2 Å². The van der Waals surface area contributed by atoms with E-state index in [2.05, 4.69) is 28.2 Å². The number of hydrogen-bond donors (Lipinski definition) is 1. The standard InChI is InChI=1S/C13H21N3/c1-12-8-13(11-15-9-12)10-14-4-7-16-5-2-3-6-16/h8-9,11,14H,2-7,10H2,1H3. The van der Waals surface area contributed by atoms with Crippen molar-refractivity contribution in [3.63, 3.8) is 0 Å². The van der Waals surface area contributed by atoms with E-state index >= 15 is 0 Å². The molecule has 0 atom stereocenters. The van der Waals surface area contributed by atoms with Crippen LogP contribution >= 0.6 is 0 Å². The second-order valence-electron chi connectivity index (χ2n) is 4.60. The van der Waals surface area contributed by atoms with Gasteiger partial charge in [0.25, 0.3) is 0 Å². The van der Waals surface area contributed by atoms with Crippen LogP contribution in [0.5, 0.6) is 0 Å². The first kappa shape index (κ1) is 11.6. The van der Waals surface area contributed by atoms with Gasteiger partial charge in [-0.05, 0) is 44.0 Å². The molecule has 1 saturated heterocycles. The second kappa shape index (κ2) is 5.97. The summed E-state index contributed by atoms with van der Waals surface area (Å²) in [5.41, 5.74) is 2.51. The fraction of sp³-hybridized carbons (Fsp3) is 0.615. The Morgan fingerprint density at radius 2 is 2.12 bits per heavy atom. The Labute approximate surface area is 97.9 Å². The third kappa shape index (κ3) is 3.58. The molecule has 1 fully saturated rings. The average molecular weight is 219 g/mol. The molecule has 0 spiro atoms. The number of rotatable bonds is 5. The first-order valence-electron chi connectivity index (χ1n) is 6.18. The molecule has 3 heteroatoms. The summed E-state index contributed by atoms with van der Waals surface area (Å²) in [5, 5.41) is 3.47. The molecule has 88 valence electrons. The van der Waals surface area contributed by atoms with Crippen LogP contribution in [-0.2, 0) is 6.54 Å². The SMILES string of the molecule is Cc1cncc(CNCCN2CCCC2)c1. The maximum atomic E-state index is 4.19. The van der Waals surface area contributed by atoms with Crippen molar-refractivity contribution >= 4 is 0 Å². The number of nitrogens with zero attached hydrogens (tertiary/aromatic N) is 2. The van der Waals surface area contributed by atoms with Gasteiger partial charge in [0.1, 0.15) is 0 Å². The highest BCUT2D eigenvalue weighted by Crippen LogP contribution is 2.05. The molecule has 2 rings (SSSR count). The maximum Gasteiger partial charge on any atom is 0.0313 e. The predicted molar refractivity (Wildman–Crippen MR) is 66.4 cm³/mol. The Balaban J connectivity index is 1.64. The lowest BCUT2D eigenvalue weighted by Crippen LogP contribution is -2.29. The van der Waals surface area contributed by atoms with Crippen LogP contribution in [0.15, 0.2) is 18.5 Å². The zero-order valence-corrected chi connectivity index (χ0v) is 10.1. The number of aromatic nitrogens is 1. The Hall–Kier alpha value is -0.930. The highest BCUT2D eigenvalue weighted by molar-refractivity contribution is 5.16. The molecule has 0 aromatic carbocycles. The van der Waals surface area contributed by atoms with Crippen LogP contribution in [0.1, 0.15) is 24.0 Å². The monoisotopic (exact) mass is 219 g/mol. The molecular formula is C13H21N3. The Morgan fingerprint density at radius 3 is 2.88 bits per heavy atom. The van der Waals surface area contributed by atoms with Gasteiger partial charge >= 0.3 is 0 Å². The summed E-state index contributed by atoms with van der Waals surface area (Å²) in [5.74, 6) is 0. The van der Waals surface area contributed by atoms with Gasteiger partial charge in [0.05, 0.1) is 0 Å². The molecule has 1 aromatic heterocycles. The van der Waals surface area contributed by atoms with Crippen LogP contribution < -0.4 is 5.32 Å². The first-order valence-corrected chi connectivity index (χ1v) is 6.18. The molecule has 16 heavy (non-hydrogen) atoms. The van der Waals surface area contributed by atoms with E-state index in [4.69, 9.17) is 0 Å². The highest BCUT2D eigenvalue weighted by atomic mass is 15.1. The summed E-state index contributed by atoms with van der Waals surface area (Å²) in [6, 6.07) is 2.19. The lowest BCUT2D eigenvalue weighted by atomic mass is 10.2. The van der Waals surface area contributed by atoms with E-state index < -0.39 is 0 Å². The molecule has 0 bridgehead atoms. The Kier molecular flexibility index (Phi) is 4.31. The summed E-state index contributed by atoms with van der Waals surface area (Å²) in [4.78, 5) is 6.72. The van der Waals surface area contributed by atoms with Gasteiger partial charge in [0, 0.05) is 32.0 Å². The number of nitrogens with one attached hydrogen (secondary N) is 1. The molecule has 1 aliphatic rings. The minimum Gasteiger partial charge on any atom is -0.311 e. The first-order chi connectivity index (χ1) is 7.84. The zero-order chi connectivity index (χ0) is 11.2. The van der Waals surface area contributed by atoms with E-state index in [0.717, 1.165) is 13.1 Å². The summed E-state index contributed by atoms with van der Waals surface area (Å²) in [6.07, 6.45) is 6.59. The Morgan fingerprint density at radius 1 is 1.31 bits per heavy atom. The van der Waals surface area contributed by atoms with E-state index in [-0.39, 0.29) is 0 Å². The van der Waals surface area contributed by atoms with Crippen LogP contribution in [0, 0.1) is 6.92 Å². The molecule has 2 heterocycles. The normalized spacial score (nSPS) is 16.8. The van der Waals surface area contributed by atoms with Crippen molar-refractivity contribution in [1.29, 1.82) is 0 Å². The van der Waals surface area contributed by atoms with Gasteiger partial charge in [-0.15, -0.1) is 0 Å². The molecule has 1 aliphatic heterocycles. The second-order valence-corrected chi connectivity index (χ2v) is 4.60. The quantitative estimate of drug-likeness (QED) is 0.762. The van der Waals surface area contributed by atoms with Crippen LogP contribution in [0.25, 0.3) is 0 Å². The average Bonchev–Trinajstić information content (AvgIpc) is 2.77. The van der Waals surface area contributed by atoms with E-state index in [1.807, 2.05) is 12.4 Å². The summed E-state index contributed by atoms with van der Waals surface area (Å²) in [6.45, 7) is 7.85. The largest absolute Gasteiger partial charge is 0.311 e. The third-order valence-corrected chi connectivity index (χ3v) is 3.06. The van der Waals surface area contributed by atoms with Gasteiger partial charge in [-0.25, -0.2) is 0 Å². The van der Waals surface area contributed by atoms with Crippen molar-refractivity contribution in [1.82, 2.24) is 15.2 Å². The highest BCUT2D eigenvalue weighted by Gasteiger charge is 2.09. The molecule has 0 radical (unpaired) electrons. The molecule has 1 N–H and O–H groups in total. The van der Waals surface area contributed by atoms with Crippen molar-refractivity contribution in [2.24, 2.45) is 0 Å². The number of likely N-dealkylation sites (tertiary alicyclic amines) is 1. The van der Waals surface area contributed by atoms with E-state index in [9.17, 15) is 0 Å². The number of hydrogen-bond acceptors (Lipinski definition) is 3. The van der Waals surface area contributed by atoms with E-state index in [1.54, 1.807) is 0 Å². The smallest absolute Gasteiger partial charge is 0.0313 e. The van der Waals surface area contributed by atoms with Crippen LogP contribution in [0.4, 0.5) is 0 Å². The fourth-order valence-corrected chi connectivity index (χ4v) is 2.19. The Bertz CT molecular complexity index is 319. The minimum atomic E-state index is 0.933. The lowest BCUT2D eigenvalue weighted by Gasteiger charge is -2.14. The molecule has 0 amide bonds. The summed E-state index contributed by atoms with van der Waals surface area (Å²) < 4.78 is 0. The van der Waals surface area contributed by atoms with Gasteiger partial charge in [-0.1, -0.05) is 6.07 Å². The van der Waals surface area contributed by atoms with Crippen LogP contribution in [-0.4, -0.2) is 36.1 Å². The van der Waals surface area contributed by atoms with E-state index in [1.165, 1.54) is 43.6 Å². The number of aryl methyl sites for hydroxylation is 1. The van der Waals surface area contributed by atoms with Gasteiger partial charge in [0.2, 0.25) is 0 Å². The van der Waals surface area contributed by atoms with Crippen LogP contribution in [0.2, 0.25) is 0 Å². The lowest BCUT2D eigenvalue weighted by molar-refractivity contribution is 0.335. The zero-order valence-electron chi connectivity index (χ0n) is 10.1. The maximum absolute atomic E-state index is 4.19. The van der Waals surface area contributed by atoms with Crippen molar-refractivity contribution in [2.75, 3.05) is 26.2 Å². The molecule has 1 aromatic rings. The molecule has 0 saturated carbocycles. The number of pyridine rings is 1. The third-order valence-electron chi connectivity index (χ3n) is 3.06. The summed E-state index contributed by atoms with van der Waals surface area (Å²) >= 11 is 0. The molecule has 0 aliphatic carbocycles. The molecule has 0 unspecified atom stereocenters. The summed E-state index contributed by atoms with van der Waals surface area (Å²) in [7, 11) is 0. The van der Waals surface area contributed by atoms with E-state index in [0.29, 0.717) is 0 Å². The van der Waals surface area contributed by atoms with Crippen molar-refractivity contribution in [3.05, 3.63) is 29.6 Å². The predicted octanol–water partition coefficient (Wildman–Crippen LogP) is 1.58. The van der Waals surface area contributed by atoms with Crippen molar-refractivity contribution in [2.45, 2.75) is 26.3 Å². The van der Waals surface area contributed by atoms with Gasteiger partial charge in [0.15, 0.2) is 0 Å². The fourth-order valence-electron chi connectivity index (χ4n) is 2.19.